The summed E-state index contributed by atoms with van der Waals surface area (Å²) < 4.78 is 20.8. The summed E-state index contributed by atoms with van der Waals surface area (Å²) in [5, 5.41) is 8.98. The summed E-state index contributed by atoms with van der Waals surface area (Å²) in [6.07, 6.45) is 0.666. The first kappa shape index (κ1) is 25.6. The number of carbonyl (C=O) groups is 2. The van der Waals surface area contributed by atoms with Crippen molar-refractivity contribution in [3.05, 3.63) is 111 Å². The number of thioether (sulfide) groups is 1. The Balaban J connectivity index is 1.43. The number of aromatic nitrogens is 2. The first-order chi connectivity index (χ1) is 20.0. The molecule has 0 N–H and O–H groups in total. The lowest BCUT2D eigenvalue weighted by molar-refractivity contribution is -0.121. The van der Waals surface area contributed by atoms with Crippen LogP contribution in [0, 0.1) is 5.82 Å². The number of hydrogen-bond donors (Lipinski definition) is 0. The van der Waals surface area contributed by atoms with Crippen LogP contribution in [0.1, 0.15) is 40.6 Å². The van der Waals surface area contributed by atoms with Gasteiger partial charge in [-0.2, -0.15) is 0 Å². The highest BCUT2D eigenvalue weighted by Gasteiger charge is 2.66. The van der Waals surface area contributed by atoms with Crippen LogP contribution in [0.3, 0.4) is 0 Å². The number of amides is 2. The summed E-state index contributed by atoms with van der Waals surface area (Å²) >= 11 is 2.37. The Morgan fingerprint density at radius 1 is 0.976 bits per heavy atom. The fourth-order valence-corrected chi connectivity index (χ4v) is 7.54. The highest BCUT2D eigenvalue weighted by molar-refractivity contribution is 8.00. The van der Waals surface area contributed by atoms with E-state index in [0.717, 1.165) is 11.3 Å². The maximum Gasteiger partial charge on any atom is 0.297 e. The molecule has 4 heterocycles. The van der Waals surface area contributed by atoms with Crippen molar-refractivity contribution in [1.82, 2.24) is 10.2 Å². The van der Waals surface area contributed by atoms with Crippen molar-refractivity contribution in [2.45, 2.75) is 29.0 Å². The number of anilines is 2. The van der Waals surface area contributed by atoms with Crippen LogP contribution >= 0.6 is 23.1 Å². The fourth-order valence-electron chi connectivity index (χ4n) is 5.66. The third-order valence-electron chi connectivity index (χ3n) is 7.37. The maximum atomic E-state index is 14.6. The second-order valence-electron chi connectivity index (χ2n) is 9.69. The summed E-state index contributed by atoms with van der Waals surface area (Å²) in [7, 11) is 0. The molecule has 0 fully saturated rings. The molecule has 11 heteroatoms. The lowest BCUT2D eigenvalue weighted by Gasteiger charge is -2.32. The van der Waals surface area contributed by atoms with Gasteiger partial charge in [-0.3, -0.25) is 19.3 Å². The van der Waals surface area contributed by atoms with Gasteiger partial charge in [0, 0.05) is 17.9 Å². The van der Waals surface area contributed by atoms with Gasteiger partial charge in [0.15, 0.2) is 15.3 Å². The SMILES string of the molecule is CCCN1C(=O)C2(c3ccccc31)c1c(oc3ccccc3c1=O)C(=O)N2c1nnc(SCc2ccccc2F)s1. The van der Waals surface area contributed by atoms with Gasteiger partial charge >= 0.3 is 0 Å². The molecular formula is C30H21FN4O4S2. The summed E-state index contributed by atoms with van der Waals surface area (Å²) in [6, 6.07) is 20.3. The van der Waals surface area contributed by atoms with Gasteiger partial charge < -0.3 is 9.32 Å². The largest absolute Gasteiger partial charge is 0.450 e. The second kappa shape index (κ2) is 9.64. The summed E-state index contributed by atoms with van der Waals surface area (Å²) in [5.74, 6) is -1.28. The molecule has 204 valence electrons. The van der Waals surface area contributed by atoms with E-state index in [2.05, 4.69) is 10.2 Å². The van der Waals surface area contributed by atoms with E-state index < -0.39 is 22.8 Å². The fraction of sp³-hybridized carbons (Fsp3) is 0.167. The molecule has 2 aliphatic rings. The van der Waals surface area contributed by atoms with Gasteiger partial charge in [0.25, 0.3) is 11.8 Å². The van der Waals surface area contributed by atoms with E-state index in [1.807, 2.05) is 19.1 Å². The predicted molar refractivity (Wildman–Crippen MR) is 155 cm³/mol. The van der Waals surface area contributed by atoms with Crippen molar-refractivity contribution in [2.24, 2.45) is 0 Å². The third kappa shape index (κ3) is 3.62. The highest BCUT2D eigenvalue weighted by Crippen LogP contribution is 2.54. The molecule has 1 unspecified atom stereocenters. The standard InChI is InChI=1S/C30H21FN4O4S2/c1-2-15-34-21-13-7-5-11-19(21)30(27(34)38)23-24(36)18-10-4-8-14-22(18)39-25(23)26(37)35(30)28-32-33-29(41-28)40-16-17-9-3-6-12-20(17)31/h3-14H,2,15-16H2,1H3. The second-order valence-corrected chi connectivity index (χ2v) is 11.9. The molecule has 41 heavy (non-hydrogen) atoms. The Hall–Kier alpha value is -4.35. The van der Waals surface area contributed by atoms with Crippen molar-refractivity contribution < 1.29 is 18.4 Å². The molecule has 0 bridgehead atoms. The molecule has 2 aromatic heterocycles. The van der Waals surface area contributed by atoms with E-state index in [9.17, 15) is 18.8 Å². The predicted octanol–water partition coefficient (Wildman–Crippen LogP) is 5.74. The average molecular weight is 585 g/mol. The van der Waals surface area contributed by atoms with Crippen LogP contribution in [-0.4, -0.2) is 28.6 Å². The number of rotatable bonds is 6. The van der Waals surface area contributed by atoms with Crippen LogP contribution in [0.2, 0.25) is 0 Å². The Bertz CT molecular complexity index is 1940. The van der Waals surface area contributed by atoms with E-state index in [1.165, 1.54) is 22.7 Å². The summed E-state index contributed by atoms with van der Waals surface area (Å²) in [6.45, 7) is 2.35. The Labute approximate surface area is 241 Å². The van der Waals surface area contributed by atoms with Crippen molar-refractivity contribution in [2.75, 3.05) is 16.3 Å². The first-order valence-corrected chi connectivity index (χ1v) is 14.8. The van der Waals surface area contributed by atoms with Gasteiger partial charge in [-0.25, -0.2) is 4.39 Å². The van der Waals surface area contributed by atoms with Gasteiger partial charge in [-0.15, -0.1) is 10.2 Å². The number of fused-ring (bicyclic) bond motifs is 5. The molecular weight excluding hydrogens is 563 g/mol. The van der Waals surface area contributed by atoms with Crippen LogP contribution in [0.25, 0.3) is 11.0 Å². The minimum Gasteiger partial charge on any atom is -0.450 e. The van der Waals surface area contributed by atoms with Crippen LogP contribution in [0.15, 0.2) is 86.3 Å². The molecule has 0 aliphatic carbocycles. The Kier molecular flexibility index (Phi) is 6.02. The number of benzene rings is 3. The summed E-state index contributed by atoms with van der Waals surface area (Å²) in [5.41, 5.74) is -0.391. The van der Waals surface area contributed by atoms with Gasteiger partial charge in [0.05, 0.1) is 16.6 Å². The normalized spacial score (nSPS) is 17.6. The van der Waals surface area contributed by atoms with Gasteiger partial charge in [-0.05, 0) is 36.2 Å². The average Bonchev–Trinajstić information content (AvgIpc) is 3.62. The van der Waals surface area contributed by atoms with Gasteiger partial charge in [0.1, 0.15) is 11.4 Å². The van der Waals surface area contributed by atoms with Crippen LogP contribution in [-0.2, 0) is 16.1 Å². The van der Waals surface area contributed by atoms with Crippen LogP contribution in [0.4, 0.5) is 15.2 Å². The Morgan fingerprint density at radius 3 is 2.56 bits per heavy atom. The molecule has 8 nitrogen and oxygen atoms in total. The molecule has 0 saturated heterocycles. The number of carbonyl (C=O) groups excluding carboxylic acids is 2. The topological polar surface area (TPSA) is 96.6 Å². The highest BCUT2D eigenvalue weighted by atomic mass is 32.2. The van der Waals surface area contributed by atoms with Gasteiger partial charge in [-0.1, -0.05) is 78.6 Å². The monoisotopic (exact) mass is 584 g/mol. The third-order valence-corrected chi connectivity index (χ3v) is 9.47. The molecule has 5 aromatic rings. The minimum atomic E-state index is -1.81. The molecule has 0 radical (unpaired) electrons. The zero-order valence-electron chi connectivity index (χ0n) is 21.7. The molecule has 2 aliphatic heterocycles. The van der Waals surface area contributed by atoms with Crippen LogP contribution in [0.5, 0.6) is 0 Å². The lowest BCUT2D eigenvalue weighted by Crippen LogP contribution is -2.53. The smallest absolute Gasteiger partial charge is 0.297 e. The van der Waals surface area contributed by atoms with E-state index >= 15 is 0 Å². The number of para-hydroxylation sites is 2. The molecule has 2 amide bonds. The zero-order valence-corrected chi connectivity index (χ0v) is 23.3. The van der Waals surface area contributed by atoms with Crippen molar-refractivity contribution in [1.29, 1.82) is 0 Å². The van der Waals surface area contributed by atoms with Crippen molar-refractivity contribution >= 4 is 56.7 Å². The summed E-state index contributed by atoms with van der Waals surface area (Å²) in [4.78, 5) is 45.8. The van der Waals surface area contributed by atoms with Crippen molar-refractivity contribution in [3.63, 3.8) is 0 Å². The Morgan fingerprint density at radius 2 is 1.73 bits per heavy atom. The van der Waals surface area contributed by atoms with E-state index in [0.29, 0.717) is 39.9 Å². The van der Waals surface area contributed by atoms with Gasteiger partial charge in [0.2, 0.25) is 10.9 Å². The molecule has 0 saturated carbocycles. The van der Waals surface area contributed by atoms with E-state index in [-0.39, 0.29) is 33.2 Å². The minimum absolute atomic E-state index is 0.0204. The number of halogens is 1. The van der Waals surface area contributed by atoms with Crippen LogP contribution < -0.4 is 15.2 Å². The number of nitrogens with zero attached hydrogens (tertiary/aromatic N) is 4. The van der Waals surface area contributed by atoms with Crippen molar-refractivity contribution in [3.8, 4) is 0 Å². The molecule has 1 spiro atoms. The first-order valence-electron chi connectivity index (χ1n) is 13.0. The molecule has 3 aromatic carbocycles. The van der Waals surface area contributed by atoms with E-state index in [1.54, 1.807) is 59.5 Å². The quantitative estimate of drug-likeness (QED) is 0.186. The maximum absolute atomic E-state index is 14.6. The number of hydrogen-bond acceptors (Lipinski definition) is 8. The van der Waals surface area contributed by atoms with E-state index in [4.69, 9.17) is 4.42 Å². The zero-order chi connectivity index (χ0) is 28.3. The molecule has 1 atom stereocenters. The molecule has 7 rings (SSSR count). The lowest BCUT2D eigenvalue weighted by atomic mass is 9.84.